The van der Waals surface area contributed by atoms with E-state index in [9.17, 15) is 0 Å². The van der Waals surface area contributed by atoms with E-state index in [1.165, 1.54) is 0 Å². The SMILES string of the molecule is C=O.C=O.C=O.[Re].c1cnc2c(c1)ccc1cccnc12. The molecule has 0 aliphatic heterocycles. The van der Waals surface area contributed by atoms with Gasteiger partial charge in [0.25, 0.3) is 0 Å². The molecule has 2 aromatic heterocycles. The van der Waals surface area contributed by atoms with E-state index in [-0.39, 0.29) is 20.4 Å². The maximum Gasteiger partial charge on any atom is 0.106 e. The minimum absolute atomic E-state index is 0. The summed E-state index contributed by atoms with van der Waals surface area (Å²) in [7, 11) is 0. The Labute approximate surface area is 136 Å². The Morgan fingerprint density at radius 2 is 0.952 bits per heavy atom. The van der Waals surface area contributed by atoms with Crippen molar-refractivity contribution in [2.45, 2.75) is 0 Å². The van der Waals surface area contributed by atoms with Crippen LogP contribution in [0.15, 0.2) is 48.8 Å². The Balaban J connectivity index is 0. The smallest absolute Gasteiger partial charge is 0.106 e. The van der Waals surface area contributed by atoms with Gasteiger partial charge in [-0.15, -0.1) is 0 Å². The molecule has 1 aromatic carbocycles. The van der Waals surface area contributed by atoms with Crippen LogP contribution in [-0.2, 0) is 34.8 Å². The molecule has 109 valence electrons. The predicted octanol–water partition coefficient (Wildman–Crippen LogP) is 2.23. The summed E-state index contributed by atoms with van der Waals surface area (Å²) in [5.74, 6) is 0. The van der Waals surface area contributed by atoms with Crippen molar-refractivity contribution in [1.29, 1.82) is 0 Å². The number of pyridine rings is 2. The molecule has 3 rings (SSSR count). The second-order valence-corrected chi connectivity index (χ2v) is 3.22. The van der Waals surface area contributed by atoms with Crippen molar-refractivity contribution in [2.24, 2.45) is 0 Å². The number of carbonyl (C=O) groups excluding carboxylic acids is 3. The van der Waals surface area contributed by atoms with Crippen LogP contribution in [-0.4, -0.2) is 30.3 Å². The molecule has 2 heterocycles. The van der Waals surface area contributed by atoms with Crippen molar-refractivity contribution in [3.8, 4) is 0 Å². The van der Waals surface area contributed by atoms with Crippen molar-refractivity contribution >= 4 is 42.2 Å². The molecule has 5 nitrogen and oxygen atoms in total. The number of rotatable bonds is 0. The van der Waals surface area contributed by atoms with Crippen molar-refractivity contribution in [3.63, 3.8) is 0 Å². The van der Waals surface area contributed by atoms with Gasteiger partial charge in [0.15, 0.2) is 0 Å². The monoisotopic (exact) mass is 457 g/mol. The van der Waals surface area contributed by atoms with Gasteiger partial charge >= 0.3 is 0 Å². The quantitative estimate of drug-likeness (QED) is 0.485. The van der Waals surface area contributed by atoms with E-state index in [1.54, 1.807) is 12.4 Å². The Hall–Kier alpha value is -2.29. The number of hydrogen-bond acceptors (Lipinski definition) is 5. The van der Waals surface area contributed by atoms with Crippen LogP contribution in [0.5, 0.6) is 0 Å². The fourth-order valence-electron chi connectivity index (χ4n) is 1.68. The summed E-state index contributed by atoms with van der Waals surface area (Å²) < 4.78 is 0. The molecule has 0 unspecified atom stereocenters. The summed E-state index contributed by atoms with van der Waals surface area (Å²) in [5.41, 5.74) is 1.95. The molecule has 3 aromatic rings. The number of aromatic nitrogens is 2. The molecule has 1 radical (unpaired) electrons. The second-order valence-electron chi connectivity index (χ2n) is 3.22. The number of fused-ring (bicyclic) bond motifs is 3. The number of carbonyl (C=O) groups is 3. The van der Waals surface area contributed by atoms with Crippen LogP contribution in [0, 0.1) is 0 Å². The summed E-state index contributed by atoms with van der Waals surface area (Å²) in [6.45, 7) is 6.00. The van der Waals surface area contributed by atoms with Gasteiger partial charge in [-0.3, -0.25) is 9.97 Å². The van der Waals surface area contributed by atoms with Crippen molar-refractivity contribution < 1.29 is 34.8 Å². The molecule has 0 aliphatic rings. The van der Waals surface area contributed by atoms with Gasteiger partial charge < -0.3 is 14.4 Å². The van der Waals surface area contributed by atoms with E-state index in [0.717, 1.165) is 21.8 Å². The summed E-state index contributed by atoms with van der Waals surface area (Å²) in [6.07, 6.45) is 3.60. The topological polar surface area (TPSA) is 77.0 Å². The predicted molar refractivity (Wildman–Crippen MR) is 78.4 cm³/mol. The minimum atomic E-state index is 0. The van der Waals surface area contributed by atoms with Gasteiger partial charge in [0.1, 0.15) is 20.4 Å². The van der Waals surface area contributed by atoms with Crippen LogP contribution in [0.3, 0.4) is 0 Å². The molecule has 21 heavy (non-hydrogen) atoms. The number of hydrogen-bond donors (Lipinski definition) is 0. The zero-order valence-corrected chi connectivity index (χ0v) is 14.0. The van der Waals surface area contributed by atoms with Crippen molar-refractivity contribution in [1.82, 2.24) is 9.97 Å². The normalized spacial score (nSPS) is 7.81. The average Bonchev–Trinajstić information content (AvgIpc) is 2.60. The largest absolute Gasteiger partial charge is 0.307 e. The number of nitrogens with zero attached hydrogens (tertiary/aromatic N) is 2. The maximum absolute atomic E-state index is 8.00. The molecule has 0 saturated carbocycles. The van der Waals surface area contributed by atoms with Crippen LogP contribution < -0.4 is 0 Å². The first-order valence-corrected chi connectivity index (χ1v) is 5.40. The minimum Gasteiger partial charge on any atom is -0.307 e. The molecule has 0 N–H and O–H groups in total. The van der Waals surface area contributed by atoms with Gasteiger partial charge in [-0.2, -0.15) is 0 Å². The third kappa shape index (κ3) is 5.30. The fraction of sp³-hybridized carbons (Fsp3) is 0. The van der Waals surface area contributed by atoms with Crippen LogP contribution >= 0.6 is 0 Å². The first kappa shape index (κ1) is 21.0. The van der Waals surface area contributed by atoms with Crippen molar-refractivity contribution in [2.75, 3.05) is 0 Å². The van der Waals surface area contributed by atoms with E-state index in [4.69, 9.17) is 14.4 Å². The summed E-state index contributed by atoms with van der Waals surface area (Å²) in [6, 6.07) is 12.1. The van der Waals surface area contributed by atoms with E-state index < -0.39 is 0 Å². The molecule has 0 aliphatic carbocycles. The first-order valence-electron chi connectivity index (χ1n) is 5.40. The Morgan fingerprint density at radius 3 is 1.29 bits per heavy atom. The third-order valence-electron chi connectivity index (χ3n) is 2.34. The molecule has 0 amide bonds. The molecular formula is C15H14N2O3Re. The Kier molecular flexibility index (Phi) is 12.7. The van der Waals surface area contributed by atoms with Crippen LogP contribution in [0.1, 0.15) is 0 Å². The van der Waals surface area contributed by atoms with Crippen LogP contribution in [0.25, 0.3) is 21.8 Å². The molecule has 0 bridgehead atoms. The van der Waals surface area contributed by atoms with Gasteiger partial charge in [-0.1, -0.05) is 24.3 Å². The fourth-order valence-corrected chi connectivity index (χ4v) is 1.68. The standard InChI is InChI=1S/C12H8N2.3CH2O.Re/c1-3-9-5-6-10-4-2-8-14-12(10)11(9)13-7-1;3*1-2;/h1-8H;3*1H2;. The second kappa shape index (κ2) is 12.7. The molecule has 6 heteroatoms. The molecule has 0 saturated heterocycles. The van der Waals surface area contributed by atoms with Gasteiger partial charge in [0.05, 0.1) is 11.0 Å². The Bertz CT molecular complexity index is 605. The Morgan fingerprint density at radius 1 is 0.619 bits per heavy atom. The third-order valence-corrected chi connectivity index (χ3v) is 2.34. The van der Waals surface area contributed by atoms with E-state index in [0.29, 0.717) is 0 Å². The summed E-state index contributed by atoms with van der Waals surface area (Å²) >= 11 is 0. The summed E-state index contributed by atoms with van der Waals surface area (Å²) in [4.78, 5) is 32.7. The van der Waals surface area contributed by atoms with Gasteiger partial charge in [0.2, 0.25) is 0 Å². The maximum atomic E-state index is 8.00. The van der Waals surface area contributed by atoms with Gasteiger partial charge in [-0.25, -0.2) is 0 Å². The van der Waals surface area contributed by atoms with Gasteiger partial charge in [0, 0.05) is 43.6 Å². The van der Waals surface area contributed by atoms with Crippen LogP contribution in [0.2, 0.25) is 0 Å². The van der Waals surface area contributed by atoms with Crippen LogP contribution in [0.4, 0.5) is 0 Å². The molecule has 0 atom stereocenters. The van der Waals surface area contributed by atoms with E-state index in [2.05, 4.69) is 34.2 Å². The first-order chi connectivity index (χ1) is 9.95. The average molecular weight is 456 g/mol. The van der Waals surface area contributed by atoms with Crippen molar-refractivity contribution in [3.05, 3.63) is 48.8 Å². The zero-order chi connectivity index (χ0) is 15.4. The van der Waals surface area contributed by atoms with E-state index in [1.807, 2.05) is 32.5 Å². The summed E-state index contributed by atoms with van der Waals surface area (Å²) in [5, 5.41) is 2.28. The number of benzene rings is 1. The molecule has 0 fully saturated rings. The molecule has 0 spiro atoms. The zero-order valence-electron chi connectivity index (χ0n) is 11.2. The van der Waals surface area contributed by atoms with Gasteiger partial charge in [-0.05, 0) is 12.1 Å². The molecular weight excluding hydrogens is 442 g/mol. The van der Waals surface area contributed by atoms with E-state index >= 15 is 0 Å².